The van der Waals surface area contributed by atoms with Gasteiger partial charge >= 0.3 is 0 Å². The van der Waals surface area contributed by atoms with Crippen LogP contribution in [0.4, 0.5) is 0 Å². The van der Waals surface area contributed by atoms with Crippen LogP contribution in [0.25, 0.3) is 88.0 Å². The number of rotatable bonds is 4. The molecule has 1 heteroatoms. The number of hydrogen-bond acceptors (Lipinski definition) is 1. The maximum absolute atomic E-state index is 9.28. The second kappa shape index (κ2) is 10.4. The summed E-state index contributed by atoms with van der Waals surface area (Å²) in [4.78, 5) is 0. The molecule has 8 aromatic carbocycles. The van der Waals surface area contributed by atoms with Crippen LogP contribution < -0.4 is 0 Å². The lowest BCUT2D eigenvalue weighted by Crippen LogP contribution is -1.91. The van der Waals surface area contributed by atoms with Crippen molar-refractivity contribution in [2.75, 3.05) is 0 Å². The van der Waals surface area contributed by atoms with Crippen LogP contribution in [0.1, 0.15) is 12.3 Å². The average molecular weight is 582 g/mol. The molecule has 210 valence electrons. The van der Waals surface area contributed by atoms with Gasteiger partial charge in [-0.2, -0.15) is 0 Å². The topological polar surface area (TPSA) is 13.1 Å². The van der Waals surface area contributed by atoms with E-state index in [0.717, 1.165) is 55.0 Å². The Balaban J connectivity index is 1.29. The Labute approximate surface area is 274 Å². The van der Waals surface area contributed by atoms with Crippen LogP contribution in [0.5, 0.6) is 0 Å². The second-order valence-corrected chi connectivity index (χ2v) is 11.0. The predicted molar refractivity (Wildman–Crippen MR) is 190 cm³/mol. The van der Waals surface area contributed by atoms with Gasteiger partial charge in [-0.15, -0.1) is 0 Å². The smallest absolute Gasteiger partial charge is 0.136 e. The zero-order valence-corrected chi connectivity index (χ0v) is 23.9. The van der Waals surface area contributed by atoms with Crippen LogP contribution >= 0.6 is 0 Å². The molecule has 9 rings (SSSR count). The normalized spacial score (nSPS) is 14.4. The molecule has 0 unspecified atom stereocenters. The number of furan rings is 1. The minimum Gasteiger partial charge on any atom is -0.456 e. The minimum atomic E-state index is -0.614. The van der Waals surface area contributed by atoms with Crippen LogP contribution in [-0.2, 0) is 0 Å². The first-order valence-electron chi connectivity index (χ1n) is 19.2. The molecule has 45 heavy (non-hydrogen) atoms. The first kappa shape index (κ1) is 18.0. The summed E-state index contributed by atoms with van der Waals surface area (Å²) in [5.74, 6) is 0. The van der Waals surface area contributed by atoms with Crippen LogP contribution in [0.3, 0.4) is 0 Å². The van der Waals surface area contributed by atoms with E-state index < -0.39 is 42.3 Å². The summed E-state index contributed by atoms with van der Waals surface area (Å²) in [6, 6.07) is 33.2. The highest BCUT2D eigenvalue weighted by Gasteiger charge is 2.18. The summed E-state index contributed by atoms with van der Waals surface area (Å²) in [6.45, 7) is 0. The molecule has 0 aliphatic carbocycles. The third-order valence-corrected chi connectivity index (χ3v) is 8.42. The minimum absolute atomic E-state index is 0.0574. The maximum atomic E-state index is 9.28. The van der Waals surface area contributed by atoms with Gasteiger partial charge < -0.3 is 4.42 Å². The molecule has 0 bridgehead atoms. The summed E-state index contributed by atoms with van der Waals surface area (Å²) in [6.07, 6.45) is 0. The van der Waals surface area contributed by atoms with E-state index in [0.29, 0.717) is 16.3 Å². The van der Waals surface area contributed by atoms with E-state index in [2.05, 4.69) is 36.4 Å². The summed E-state index contributed by atoms with van der Waals surface area (Å²) in [5.41, 5.74) is 5.40. The van der Waals surface area contributed by atoms with Crippen LogP contribution in [0.2, 0.25) is 0 Å². The molecule has 0 aliphatic rings. The van der Waals surface area contributed by atoms with Crippen LogP contribution in [0.15, 0.2) is 174 Å². The molecule has 0 atom stereocenters. The molecule has 0 N–H and O–H groups in total. The molecule has 0 radical (unpaired) electrons. The molecule has 1 heterocycles. The molecule has 0 saturated heterocycles. The maximum Gasteiger partial charge on any atom is 0.136 e. The molecular formula is C44H28O. The predicted octanol–water partition coefficient (Wildman–Crippen LogP) is 12.6. The largest absolute Gasteiger partial charge is 0.456 e. The Kier molecular flexibility index (Phi) is 4.15. The average Bonchev–Trinajstić information content (AvgIpc) is 3.57. The zero-order chi connectivity index (χ0) is 37.6. The van der Waals surface area contributed by atoms with Gasteiger partial charge in [-0.1, -0.05) is 145 Å². The monoisotopic (exact) mass is 581 g/mol. The third kappa shape index (κ3) is 4.24. The summed E-state index contributed by atoms with van der Waals surface area (Å²) in [5, 5.41) is 5.08. The van der Waals surface area contributed by atoms with E-state index in [4.69, 9.17) is 14.0 Å². The number of fused-ring (bicyclic) bond motifs is 5. The molecule has 0 amide bonds. The quantitative estimate of drug-likeness (QED) is 0.188. The number of hydrogen-bond donors (Lipinski definition) is 0. The van der Waals surface area contributed by atoms with Crippen molar-refractivity contribution < 1.29 is 16.8 Å². The van der Waals surface area contributed by atoms with Crippen molar-refractivity contribution in [3.05, 3.63) is 170 Å². The molecule has 9 aromatic rings. The number of benzene rings is 8. The molecular weight excluding hydrogens is 544 g/mol. The van der Waals surface area contributed by atoms with Crippen LogP contribution in [0, 0.1) is 0 Å². The standard InChI is InChI=1S/C44H28O/c1-3-11-29(12-4-1)31-19-21-32(22-20-31)43-36-15-7-9-17-38(36)44(39-18-10-8-16-37(39)43)34-23-25-35-40-27-33(30-13-5-2-6-14-30)24-26-41(40)45-42(35)28-34/h1-28H/i1D,3D,4D,11D,12D,19D,20D,21D,22D. The fourth-order valence-electron chi connectivity index (χ4n) is 6.39. The van der Waals surface area contributed by atoms with Crippen molar-refractivity contribution >= 4 is 43.5 Å². The van der Waals surface area contributed by atoms with Crippen molar-refractivity contribution in [2.45, 2.75) is 0 Å². The van der Waals surface area contributed by atoms with Crippen molar-refractivity contribution in [3.8, 4) is 44.5 Å². The van der Waals surface area contributed by atoms with Crippen LogP contribution in [-0.4, -0.2) is 0 Å². The summed E-state index contributed by atoms with van der Waals surface area (Å²) in [7, 11) is 0. The molecule has 0 aliphatic heterocycles. The van der Waals surface area contributed by atoms with E-state index in [9.17, 15) is 2.74 Å². The third-order valence-electron chi connectivity index (χ3n) is 8.42. The van der Waals surface area contributed by atoms with Gasteiger partial charge in [0.25, 0.3) is 0 Å². The summed E-state index contributed by atoms with van der Waals surface area (Å²) < 4.78 is 84.5. The van der Waals surface area contributed by atoms with E-state index in [-0.39, 0.29) is 28.8 Å². The fraction of sp³-hybridized carbons (Fsp3) is 0. The molecule has 1 aromatic heterocycles. The van der Waals surface area contributed by atoms with Gasteiger partial charge in [-0.3, -0.25) is 0 Å². The molecule has 0 spiro atoms. The van der Waals surface area contributed by atoms with E-state index in [1.165, 1.54) is 0 Å². The van der Waals surface area contributed by atoms with Crippen molar-refractivity contribution in [1.82, 2.24) is 0 Å². The van der Waals surface area contributed by atoms with E-state index >= 15 is 0 Å². The molecule has 0 saturated carbocycles. The Bertz CT molecular complexity index is 2930. The Morgan fingerprint density at radius 1 is 0.333 bits per heavy atom. The SMILES string of the molecule is [2H]c1c([2H])c([2H])c(-c2c([2H])c([2H])c(-c3c4ccccc4c(-c4ccc5c(c4)oc4ccc(-c6ccccc6)cc45)c4ccccc34)c([2H])c2[2H])c([2H])c1[2H]. The highest BCUT2D eigenvalue weighted by Crippen LogP contribution is 2.45. The Hall–Kier alpha value is -5.92. The second-order valence-electron chi connectivity index (χ2n) is 11.0. The Morgan fingerprint density at radius 3 is 1.56 bits per heavy atom. The van der Waals surface area contributed by atoms with E-state index in [1.807, 2.05) is 78.9 Å². The first-order chi connectivity index (χ1) is 26.1. The highest BCUT2D eigenvalue weighted by molar-refractivity contribution is 6.22. The van der Waals surface area contributed by atoms with Gasteiger partial charge in [0, 0.05) is 10.8 Å². The lowest BCUT2D eigenvalue weighted by atomic mass is 9.85. The van der Waals surface area contributed by atoms with Crippen molar-refractivity contribution in [2.24, 2.45) is 0 Å². The molecule has 0 fully saturated rings. The van der Waals surface area contributed by atoms with Gasteiger partial charge in [-0.25, -0.2) is 0 Å². The Morgan fingerprint density at radius 2 is 0.889 bits per heavy atom. The lowest BCUT2D eigenvalue weighted by molar-refractivity contribution is 0.669. The zero-order valence-electron chi connectivity index (χ0n) is 32.9. The molecule has 1 nitrogen and oxygen atoms in total. The van der Waals surface area contributed by atoms with Gasteiger partial charge in [-0.05, 0) is 90.3 Å². The van der Waals surface area contributed by atoms with E-state index in [1.54, 1.807) is 0 Å². The van der Waals surface area contributed by atoms with Gasteiger partial charge in [0.15, 0.2) is 0 Å². The highest BCUT2D eigenvalue weighted by atomic mass is 16.3. The van der Waals surface area contributed by atoms with Gasteiger partial charge in [0.1, 0.15) is 11.2 Å². The van der Waals surface area contributed by atoms with Crippen molar-refractivity contribution in [1.29, 1.82) is 0 Å². The van der Waals surface area contributed by atoms with Gasteiger partial charge in [0.05, 0.1) is 12.3 Å². The van der Waals surface area contributed by atoms with Gasteiger partial charge in [0.2, 0.25) is 0 Å². The summed E-state index contributed by atoms with van der Waals surface area (Å²) >= 11 is 0. The van der Waals surface area contributed by atoms with Crippen molar-refractivity contribution in [3.63, 3.8) is 0 Å². The first-order valence-corrected chi connectivity index (χ1v) is 14.7. The lowest BCUT2D eigenvalue weighted by Gasteiger charge is -2.18. The fourth-order valence-corrected chi connectivity index (χ4v) is 6.39.